The number of hydrogen-bond acceptors (Lipinski definition) is 0. The molecule has 0 aromatic carbocycles. The van der Waals surface area contributed by atoms with E-state index < -0.39 is 0 Å². The Morgan fingerprint density at radius 1 is 0.933 bits per heavy atom. The second kappa shape index (κ2) is 19.8. The molecule has 0 fully saturated rings. The largest absolute Gasteiger partial charge is 1.00 e. The Bertz CT molecular complexity index is 166. The van der Waals surface area contributed by atoms with Gasteiger partial charge in [0.25, 0.3) is 0 Å². The molecule has 1 radical (unpaired) electrons. The first kappa shape index (κ1) is 20.7. The molecule has 2 aliphatic rings. The summed E-state index contributed by atoms with van der Waals surface area (Å²) < 4.78 is 0. The van der Waals surface area contributed by atoms with E-state index in [1.807, 2.05) is 24.3 Å². The van der Waals surface area contributed by atoms with E-state index in [2.05, 4.69) is 37.4 Å². The summed E-state index contributed by atoms with van der Waals surface area (Å²) in [6.45, 7) is 4.42. The van der Waals surface area contributed by atoms with Crippen molar-refractivity contribution in [2.75, 3.05) is 0 Å². The number of allylic oxidation sites excluding steroid dienone is 8. The summed E-state index contributed by atoms with van der Waals surface area (Å²) in [7, 11) is 0.750. The van der Waals surface area contributed by atoms with Gasteiger partial charge >= 0.3 is 0 Å². The van der Waals surface area contributed by atoms with E-state index in [1.165, 1.54) is 0 Å². The SMILES string of the molecule is C[SiH]C.[C-]1=CC=CC1.[C-]1=CC=CC1.[Cl-].[Hf]. The first-order valence-electron chi connectivity index (χ1n) is 4.59. The van der Waals surface area contributed by atoms with Crippen molar-refractivity contribution in [1.82, 2.24) is 0 Å². The minimum absolute atomic E-state index is 0. The van der Waals surface area contributed by atoms with Crippen molar-refractivity contribution in [2.24, 2.45) is 0 Å². The van der Waals surface area contributed by atoms with Crippen molar-refractivity contribution in [3.63, 3.8) is 0 Å². The molecule has 0 aromatic rings. The molecule has 0 atom stereocenters. The smallest absolute Gasteiger partial charge is 0.0213 e. The molecule has 83 valence electrons. The molecule has 0 N–H and O–H groups in total. The van der Waals surface area contributed by atoms with E-state index in [0.717, 1.165) is 22.4 Å². The molecule has 15 heavy (non-hydrogen) atoms. The third kappa shape index (κ3) is 20.4. The third-order valence-electron chi connectivity index (χ3n) is 1.17. The summed E-state index contributed by atoms with van der Waals surface area (Å²) >= 11 is 0. The quantitative estimate of drug-likeness (QED) is 0.399. The van der Waals surface area contributed by atoms with Gasteiger partial charge in [-0.3, -0.25) is 12.2 Å². The fraction of sp³-hybridized carbons (Fsp3) is 0.333. The summed E-state index contributed by atoms with van der Waals surface area (Å²) in [5, 5.41) is 0. The van der Waals surface area contributed by atoms with E-state index in [1.54, 1.807) is 0 Å². The van der Waals surface area contributed by atoms with Crippen molar-refractivity contribution in [3.8, 4) is 0 Å². The first-order valence-corrected chi connectivity index (χ1v) is 6.90. The summed E-state index contributed by atoms with van der Waals surface area (Å²) in [6, 6.07) is 0. The normalized spacial score (nSPS) is 12.9. The minimum atomic E-state index is 0. The van der Waals surface area contributed by atoms with Crippen LogP contribution in [0.4, 0.5) is 0 Å². The van der Waals surface area contributed by atoms with E-state index in [9.17, 15) is 0 Å². The fourth-order valence-corrected chi connectivity index (χ4v) is 0.680. The van der Waals surface area contributed by atoms with Gasteiger partial charge in [0.05, 0.1) is 0 Å². The Hall–Kier alpha value is 0.337. The average Bonchev–Trinajstić information content (AvgIpc) is 2.85. The molecule has 0 aromatic heterocycles. The maximum absolute atomic E-state index is 2.99. The van der Waals surface area contributed by atoms with Crippen LogP contribution in [0.15, 0.2) is 36.5 Å². The molecule has 0 unspecified atom stereocenters. The zero-order valence-corrected chi connectivity index (χ0v) is 14.8. The standard InChI is InChI=1S/2C5H5.C2H7Si.ClH.Hf/c2*1-2-4-5-3-1;1-3-2;;/h2*1-3H,4H2;3H,1-2H3;1H;/q2*-1;;;/p-1. The Morgan fingerprint density at radius 3 is 1.33 bits per heavy atom. The van der Waals surface area contributed by atoms with Crippen molar-refractivity contribution in [3.05, 3.63) is 48.6 Å². The van der Waals surface area contributed by atoms with Gasteiger partial charge in [-0.05, 0) is 0 Å². The van der Waals surface area contributed by atoms with Crippen LogP contribution in [0.3, 0.4) is 0 Å². The molecule has 0 heterocycles. The molecule has 0 spiro atoms. The van der Waals surface area contributed by atoms with Gasteiger partial charge < -0.3 is 12.4 Å². The summed E-state index contributed by atoms with van der Waals surface area (Å²) in [5.41, 5.74) is 0. The zero-order chi connectivity index (χ0) is 9.78. The second-order valence-electron chi connectivity index (χ2n) is 2.58. The molecule has 0 saturated carbocycles. The number of hydrogen-bond donors (Lipinski definition) is 0. The predicted octanol–water partition coefficient (Wildman–Crippen LogP) is 0.132. The molecule has 0 amide bonds. The topological polar surface area (TPSA) is 0 Å². The van der Waals surface area contributed by atoms with Gasteiger partial charge in [-0.25, -0.2) is 24.3 Å². The van der Waals surface area contributed by atoms with Gasteiger partial charge in [0.15, 0.2) is 0 Å². The van der Waals surface area contributed by atoms with Crippen LogP contribution in [-0.2, 0) is 25.8 Å². The second-order valence-corrected chi connectivity index (χ2v) is 3.74. The molecular formula is C12H17ClHfSi-3. The van der Waals surface area contributed by atoms with Gasteiger partial charge in [0, 0.05) is 35.4 Å². The maximum atomic E-state index is 2.99. The van der Waals surface area contributed by atoms with E-state index in [4.69, 9.17) is 0 Å². The van der Waals surface area contributed by atoms with Crippen molar-refractivity contribution < 1.29 is 38.3 Å². The molecule has 0 bridgehead atoms. The van der Waals surface area contributed by atoms with Gasteiger partial charge in [0.2, 0.25) is 0 Å². The predicted molar refractivity (Wildman–Crippen MR) is 62.0 cm³/mol. The van der Waals surface area contributed by atoms with Gasteiger partial charge in [-0.1, -0.05) is 13.1 Å². The minimum Gasteiger partial charge on any atom is -1.00 e. The van der Waals surface area contributed by atoms with Crippen LogP contribution in [0.25, 0.3) is 0 Å². The van der Waals surface area contributed by atoms with Gasteiger partial charge in [-0.2, -0.15) is 12.2 Å². The molecular weight excluding hydrogens is 386 g/mol. The molecule has 2 rings (SSSR count). The molecule has 0 saturated heterocycles. The van der Waals surface area contributed by atoms with Crippen molar-refractivity contribution >= 4 is 9.52 Å². The van der Waals surface area contributed by atoms with Crippen LogP contribution in [-0.4, -0.2) is 9.52 Å². The number of rotatable bonds is 0. The van der Waals surface area contributed by atoms with Gasteiger partial charge in [-0.15, -0.1) is 12.8 Å². The van der Waals surface area contributed by atoms with Crippen molar-refractivity contribution in [2.45, 2.75) is 25.9 Å². The maximum Gasteiger partial charge on any atom is 0.0213 e. The van der Waals surface area contributed by atoms with Crippen molar-refractivity contribution in [1.29, 1.82) is 0 Å². The summed E-state index contributed by atoms with van der Waals surface area (Å²) in [4.78, 5) is 0. The Morgan fingerprint density at radius 2 is 1.27 bits per heavy atom. The molecule has 2 aliphatic carbocycles. The van der Waals surface area contributed by atoms with Crippen LogP contribution >= 0.6 is 0 Å². The average molecular weight is 403 g/mol. The summed E-state index contributed by atoms with van der Waals surface area (Å²) in [6.07, 6.45) is 20.0. The fourth-order valence-electron chi connectivity index (χ4n) is 0.680. The zero-order valence-electron chi connectivity index (χ0n) is 9.33. The Kier molecular flexibility index (Phi) is 27.4. The van der Waals surface area contributed by atoms with Crippen LogP contribution < -0.4 is 12.4 Å². The van der Waals surface area contributed by atoms with Crippen LogP contribution in [0, 0.1) is 12.2 Å². The Balaban J connectivity index is -0.000000140. The van der Waals surface area contributed by atoms with Crippen LogP contribution in [0.5, 0.6) is 0 Å². The van der Waals surface area contributed by atoms with Crippen LogP contribution in [0.2, 0.25) is 13.1 Å². The van der Waals surface area contributed by atoms with E-state index in [0.29, 0.717) is 0 Å². The first-order chi connectivity index (χ1) is 6.41. The van der Waals surface area contributed by atoms with Gasteiger partial charge in [0.1, 0.15) is 0 Å². The monoisotopic (exact) mass is 404 g/mol. The Labute approximate surface area is 122 Å². The van der Waals surface area contributed by atoms with E-state index >= 15 is 0 Å². The number of halogens is 1. The molecule has 3 heteroatoms. The summed E-state index contributed by atoms with van der Waals surface area (Å²) in [5.74, 6) is 0. The third-order valence-corrected chi connectivity index (χ3v) is 1.17. The van der Waals surface area contributed by atoms with E-state index in [-0.39, 0.29) is 38.3 Å². The molecule has 0 aliphatic heterocycles. The van der Waals surface area contributed by atoms with Crippen LogP contribution in [0.1, 0.15) is 12.8 Å². The molecule has 0 nitrogen and oxygen atoms in total.